The minimum atomic E-state index is 0. The number of hydrogen-bond donors (Lipinski definition) is 2. The number of halogens is 1. The molecule has 3 N–H and O–H groups in total. The van der Waals surface area contributed by atoms with Gasteiger partial charge in [-0.2, -0.15) is 0 Å². The molecule has 4 nitrogen and oxygen atoms in total. The Morgan fingerprint density at radius 3 is 2.48 bits per heavy atom. The summed E-state index contributed by atoms with van der Waals surface area (Å²) in [5.74, 6) is 0.441. The van der Waals surface area contributed by atoms with E-state index in [1.807, 2.05) is 12.1 Å². The summed E-state index contributed by atoms with van der Waals surface area (Å²) in [6.45, 7) is 4.69. The molecule has 2 aromatic rings. The molecule has 0 saturated carbocycles. The normalized spacial score (nSPS) is 13.6. The highest BCUT2D eigenvalue weighted by Gasteiger charge is 2.06. The topological polar surface area (TPSA) is 53.6 Å². The molecule has 0 fully saturated rings. The van der Waals surface area contributed by atoms with Crippen LogP contribution < -0.4 is 16.0 Å². The molecule has 0 aromatic heterocycles. The van der Waals surface area contributed by atoms with Crippen LogP contribution in [-0.2, 0) is 13.0 Å². The summed E-state index contributed by atoms with van der Waals surface area (Å²) in [4.78, 5) is 6.75. The highest BCUT2D eigenvalue weighted by Crippen LogP contribution is 2.18. The Balaban J connectivity index is 0.00000225. The second-order valence-electron chi connectivity index (χ2n) is 5.92. The van der Waals surface area contributed by atoms with E-state index in [4.69, 9.17) is 5.73 Å². The van der Waals surface area contributed by atoms with Crippen LogP contribution in [0.3, 0.4) is 0 Å². The van der Waals surface area contributed by atoms with Crippen LogP contribution in [0.4, 0.5) is 11.4 Å². The van der Waals surface area contributed by atoms with E-state index in [2.05, 4.69) is 70.7 Å². The third kappa shape index (κ3) is 5.49. The highest BCUT2D eigenvalue weighted by atomic mass is 127. The SMILES string of the molecule is CCc1cccc(NC(N)=NCc2ccc(N3CC=CC3)cc2)c1.I. The maximum atomic E-state index is 6.00. The smallest absolute Gasteiger partial charge is 0.193 e. The molecule has 1 aliphatic heterocycles. The molecule has 0 bridgehead atoms. The second-order valence-corrected chi connectivity index (χ2v) is 5.92. The zero-order valence-corrected chi connectivity index (χ0v) is 16.8. The van der Waals surface area contributed by atoms with E-state index in [1.54, 1.807) is 0 Å². The standard InChI is InChI=1S/C20H24N4.HI/c1-2-16-6-5-7-18(14-16)23-20(21)22-15-17-8-10-19(11-9-17)24-12-3-4-13-24;/h3-11,14H,2,12-13,15H2,1H3,(H3,21,22,23);1H. The molecule has 0 unspecified atom stereocenters. The molecular weight excluding hydrogens is 423 g/mol. The number of rotatable bonds is 5. The van der Waals surface area contributed by atoms with Crippen molar-refractivity contribution in [3.8, 4) is 0 Å². The molecule has 0 radical (unpaired) electrons. The fourth-order valence-electron chi connectivity index (χ4n) is 2.73. The van der Waals surface area contributed by atoms with Crippen LogP contribution >= 0.6 is 24.0 Å². The molecule has 0 atom stereocenters. The van der Waals surface area contributed by atoms with Crippen LogP contribution in [-0.4, -0.2) is 19.0 Å². The molecule has 1 heterocycles. The van der Waals surface area contributed by atoms with Gasteiger partial charge in [-0.3, -0.25) is 0 Å². The van der Waals surface area contributed by atoms with Gasteiger partial charge >= 0.3 is 0 Å². The Kier molecular flexibility index (Phi) is 7.31. The van der Waals surface area contributed by atoms with E-state index in [1.165, 1.54) is 11.3 Å². The lowest BCUT2D eigenvalue weighted by molar-refractivity contribution is 1.000. The van der Waals surface area contributed by atoms with Gasteiger partial charge in [0.25, 0.3) is 0 Å². The molecule has 0 amide bonds. The zero-order valence-electron chi connectivity index (χ0n) is 14.5. The van der Waals surface area contributed by atoms with E-state index in [0.29, 0.717) is 12.5 Å². The molecular formula is C20H25IN4. The Morgan fingerprint density at radius 2 is 1.80 bits per heavy atom. The van der Waals surface area contributed by atoms with Crippen molar-refractivity contribution in [2.45, 2.75) is 19.9 Å². The van der Waals surface area contributed by atoms with Crippen molar-refractivity contribution in [1.82, 2.24) is 0 Å². The third-order valence-electron chi connectivity index (χ3n) is 4.16. The number of nitrogens with zero attached hydrogens (tertiary/aromatic N) is 2. The number of hydrogen-bond acceptors (Lipinski definition) is 2. The maximum absolute atomic E-state index is 6.00. The van der Waals surface area contributed by atoms with Gasteiger partial charge in [-0.1, -0.05) is 43.3 Å². The molecule has 132 valence electrons. The van der Waals surface area contributed by atoms with Gasteiger partial charge in [0.05, 0.1) is 6.54 Å². The van der Waals surface area contributed by atoms with E-state index < -0.39 is 0 Å². The number of anilines is 2. The minimum Gasteiger partial charge on any atom is -0.370 e. The molecule has 5 heteroatoms. The van der Waals surface area contributed by atoms with Crippen molar-refractivity contribution < 1.29 is 0 Å². The van der Waals surface area contributed by atoms with Gasteiger partial charge in [-0.25, -0.2) is 4.99 Å². The lowest BCUT2D eigenvalue weighted by Gasteiger charge is -2.17. The molecule has 0 saturated heterocycles. The van der Waals surface area contributed by atoms with E-state index in [9.17, 15) is 0 Å². The van der Waals surface area contributed by atoms with E-state index in [-0.39, 0.29) is 24.0 Å². The van der Waals surface area contributed by atoms with Gasteiger partial charge in [-0.05, 0) is 41.8 Å². The van der Waals surface area contributed by atoms with E-state index >= 15 is 0 Å². The lowest BCUT2D eigenvalue weighted by atomic mass is 10.1. The van der Waals surface area contributed by atoms with Gasteiger partial charge in [0, 0.05) is 24.5 Å². The minimum absolute atomic E-state index is 0. The van der Waals surface area contributed by atoms with Gasteiger partial charge in [-0.15, -0.1) is 24.0 Å². The quantitative estimate of drug-likeness (QED) is 0.313. The van der Waals surface area contributed by atoms with Crippen molar-refractivity contribution in [3.63, 3.8) is 0 Å². The number of aryl methyl sites for hydroxylation is 1. The van der Waals surface area contributed by atoms with Crippen molar-refractivity contribution >= 4 is 41.3 Å². The summed E-state index contributed by atoms with van der Waals surface area (Å²) >= 11 is 0. The summed E-state index contributed by atoms with van der Waals surface area (Å²) < 4.78 is 0. The monoisotopic (exact) mass is 448 g/mol. The van der Waals surface area contributed by atoms with Crippen LogP contribution in [0.2, 0.25) is 0 Å². The largest absolute Gasteiger partial charge is 0.370 e. The predicted octanol–water partition coefficient (Wildman–Crippen LogP) is 4.17. The number of benzene rings is 2. The molecule has 3 rings (SSSR count). The fourth-order valence-corrected chi connectivity index (χ4v) is 2.73. The van der Waals surface area contributed by atoms with Crippen LogP contribution in [0.25, 0.3) is 0 Å². The van der Waals surface area contributed by atoms with Gasteiger partial charge < -0.3 is 16.0 Å². The Hall–Kier alpha value is -2.02. The predicted molar refractivity (Wildman–Crippen MR) is 118 cm³/mol. The summed E-state index contributed by atoms with van der Waals surface area (Å²) in [5, 5.41) is 3.15. The van der Waals surface area contributed by atoms with Crippen LogP contribution in [0.15, 0.2) is 65.7 Å². The zero-order chi connectivity index (χ0) is 16.8. The number of nitrogens with one attached hydrogen (secondary N) is 1. The Labute approximate surface area is 166 Å². The molecule has 25 heavy (non-hydrogen) atoms. The summed E-state index contributed by atoms with van der Waals surface area (Å²) in [6, 6.07) is 16.8. The van der Waals surface area contributed by atoms with Crippen molar-refractivity contribution in [1.29, 1.82) is 0 Å². The van der Waals surface area contributed by atoms with Gasteiger partial charge in [0.15, 0.2) is 5.96 Å². The maximum Gasteiger partial charge on any atom is 0.193 e. The summed E-state index contributed by atoms with van der Waals surface area (Å²) in [5.41, 5.74) is 10.7. The van der Waals surface area contributed by atoms with Crippen LogP contribution in [0, 0.1) is 0 Å². The van der Waals surface area contributed by atoms with Crippen molar-refractivity contribution in [2.24, 2.45) is 10.7 Å². The average Bonchev–Trinajstić information content (AvgIpc) is 3.15. The Morgan fingerprint density at radius 1 is 1.08 bits per heavy atom. The average molecular weight is 448 g/mol. The van der Waals surface area contributed by atoms with Crippen LogP contribution in [0.1, 0.15) is 18.1 Å². The first-order valence-corrected chi connectivity index (χ1v) is 8.39. The third-order valence-corrected chi connectivity index (χ3v) is 4.16. The van der Waals surface area contributed by atoms with Crippen molar-refractivity contribution in [2.75, 3.05) is 23.3 Å². The second kappa shape index (κ2) is 9.46. The summed E-state index contributed by atoms with van der Waals surface area (Å²) in [7, 11) is 0. The molecule has 0 aliphatic carbocycles. The first kappa shape index (κ1) is 19.3. The number of guanidine groups is 1. The van der Waals surface area contributed by atoms with Gasteiger partial charge in [0.2, 0.25) is 0 Å². The molecule has 2 aromatic carbocycles. The first-order valence-electron chi connectivity index (χ1n) is 8.39. The lowest BCUT2D eigenvalue weighted by Crippen LogP contribution is -2.22. The molecule has 1 aliphatic rings. The van der Waals surface area contributed by atoms with Crippen molar-refractivity contribution in [3.05, 3.63) is 71.8 Å². The van der Waals surface area contributed by atoms with E-state index in [0.717, 1.165) is 30.8 Å². The fraction of sp³-hybridized carbons (Fsp3) is 0.250. The summed E-state index contributed by atoms with van der Waals surface area (Å²) in [6.07, 6.45) is 5.39. The van der Waals surface area contributed by atoms with Gasteiger partial charge in [0.1, 0.15) is 0 Å². The van der Waals surface area contributed by atoms with Crippen LogP contribution in [0.5, 0.6) is 0 Å². The first-order chi connectivity index (χ1) is 11.7. The number of nitrogens with two attached hydrogens (primary N) is 1. The highest BCUT2D eigenvalue weighted by molar-refractivity contribution is 14.0. The molecule has 0 spiro atoms. The number of aliphatic imine (C=N–C) groups is 1. The Bertz CT molecular complexity index is 730.